The third-order valence-corrected chi connectivity index (χ3v) is 6.53. The third kappa shape index (κ3) is 2.08. The second-order valence-corrected chi connectivity index (χ2v) is 7.16. The van der Waals surface area contributed by atoms with Gasteiger partial charge in [-0.1, -0.05) is 24.6 Å². The molecule has 1 heteroatoms. The first-order valence-corrected chi connectivity index (χ1v) is 7.70. The summed E-state index contributed by atoms with van der Waals surface area (Å²) in [5.74, 6) is 5.09. The summed E-state index contributed by atoms with van der Waals surface area (Å²) < 4.78 is 0. The summed E-state index contributed by atoms with van der Waals surface area (Å²) in [6, 6.07) is 11.2. The molecule has 0 N–H and O–H groups in total. The third-order valence-electron chi connectivity index (χ3n) is 3.84. The number of benzene rings is 1. The van der Waals surface area contributed by atoms with Crippen molar-refractivity contribution < 1.29 is 0 Å². The molecule has 0 amide bonds. The monoisotopic (exact) mass is 219 g/mol. The van der Waals surface area contributed by atoms with Gasteiger partial charge in [-0.15, -0.1) is 0 Å². The molecular weight excluding hydrogens is 200 g/mol. The van der Waals surface area contributed by atoms with Crippen LogP contribution in [0.1, 0.15) is 25.7 Å². The Labute approximate surface area is 95.4 Å². The van der Waals surface area contributed by atoms with Crippen molar-refractivity contribution in [3.63, 3.8) is 0 Å². The van der Waals surface area contributed by atoms with Gasteiger partial charge in [0.1, 0.15) is 11.5 Å². The van der Waals surface area contributed by atoms with E-state index >= 15 is 0 Å². The van der Waals surface area contributed by atoms with E-state index in [0.717, 1.165) is 11.8 Å². The highest BCUT2D eigenvalue weighted by Gasteiger charge is 2.38. The molecule has 2 fully saturated rings. The first-order valence-electron chi connectivity index (χ1n) is 6.14. The Balaban J connectivity index is 1.78. The van der Waals surface area contributed by atoms with Gasteiger partial charge in [-0.05, 0) is 31.4 Å². The van der Waals surface area contributed by atoms with Gasteiger partial charge >= 0.3 is 0 Å². The fraction of sp³-hybridized carbons (Fsp3) is 0.571. The Morgan fingerprint density at radius 1 is 0.933 bits per heavy atom. The normalized spacial score (nSPS) is 35.1. The summed E-state index contributed by atoms with van der Waals surface area (Å²) in [6.45, 7) is 0. The summed E-state index contributed by atoms with van der Waals surface area (Å²) in [5, 5.41) is 0. The van der Waals surface area contributed by atoms with Gasteiger partial charge in [-0.2, -0.15) is 0 Å². The van der Waals surface area contributed by atoms with Gasteiger partial charge in [0.2, 0.25) is 0 Å². The lowest BCUT2D eigenvalue weighted by Crippen LogP contribution is -2.35. The average Bonchev–Trinajstić information content (AvgIpc) is 2.30. The molecule has 15 heavy (non-hydrogen) atoms. The molecule has 1 aliphatic carbocycles. The molecular formula is C14H19S+. The van der Waals surface area contributed by atoms with Crippen LogP contribution in [0.2, 0.25) is 0 Å². The van der Waals surface area contributed by atoms with Crippen LogP contribution in [-0.2, 0) is 10.9 Å². The predicted octanol–water partition coefficient (Wildman–Crippen LogP) is 3.48. The van der Waals surface area contributed by atoms with Gasteiger partial charge in [0.15, 0.2) is 4.90 Å². The second kappa shape index (κ2) is 4.21. The molecule has 80 valence electrons. The molecule has 2 aliphatic rings. The molecule has 2 bridgehead atoms. The number of rotatable bonds is 1. The molecule has 1 saturated heterocycles. The summed E-state index contributed by atoms with van der Waals surface area (Å²) in [4.78, 5) is 1.62. The van der Waals surface area contributed by atoms with Crippen LogP contribution in [0.25, 0.3) is 0 Å². The lowest BCUT2D eigenvalue weighted by Gasteiger charge is -2.33. The molecule has 0 radical (unpaired) electrons. The van der Waals surface area contributed by atoms with Crippen molar-refractivity contribution in [3.05, 3.63) is 30.3 Å². The fourth-order valence-corrected chi connectivity index (χ4v) is 5.95. The summed E-state index contributed by atoms with van der Waals surface area (Å²) in [5.41, 5.74) is 0. The molecule has 1 aliphatic heterocycles. The van der Waals surface area contributed by atoms with E-state index < -0.39 is 0 Å². The number of hydrogen-bond acceptors (Lipinski definition) is 0. The highest BCUT2D eigenvalue weighted by molar-refractivity contribution is 7.97. The minimum Gasteiger partial charge on any atom is -0.0619 e. The van der Waals surface area contributed by atoms with Gasteiger partial charge in [0.25, 0.3) is 0 Å². The SMILES string of the molecule is c1ccc([S+]2CC3CCCC(C3)C2)cc1. The maximum atomic E-state index is 2.34. The van der Waals surface area contributed by atoms with Crippen molar-refractivity contribution in [2.45, 2.75) is 30.6 Å². The minimum atomic E-state index is 0.583. The van der Waals surface area contributed by atoms with Crippen molar-refractivity contribution in [3.8, 4) is 0 Å². The Kier molecular flexibility index (Phi) is 2.74. The summed E-state index contributed by atoms with van der Waals surface area (Å²) >= 11 is 0. The van der Waals surface area contributed by atoms with Crippen LogP contribution in [0.4, 0.5) is 0 Å². The average molecular weight is 219 g/mol. The summed E-state index contributed by atoms with van der Waals surface area (Å²) in [7, 11) is 0.583. The Hall–Kier alpha value is -0.430. The van der Waals surface area contributed by atoms with Gasteiger partial charge in [0, 0.05) is 22.7 Å². The first-order chi connectivity index (χ1) is 7.42. The van der Waals surface area contributed by atoms with Gasteiger partial charge in [-0.25, -0.2) is 0 Å². The molecule has 2 atom stereocenters. The van der Waals surface area contributed by atoms with Crippen LogP contribution in [0.15, 0.2) is 35.2 Å². The first kappa shape index (κ1) is 9.77. The minimum absolute atomic E-state index is 0.583. The van der Waals surface area contributed by atoms with E-state index in [-0.39, 0.29) is 0 Å². The molecule has 1 aromatic carbocycles. The van der Waals surface area contributed by atoms with E-state index in [1.54, 1.807) is 4.90 Å². The number of hydrogen-bond donors (Lipinski definition) is 0. The smallest absolute Gasteiger partial charge is 0.0619 e. The Morgan fingerprint density at radius 2 is 1.60 bits per heavy atom. The molecule has 1 aromatic rings. The highest BCUT2D eigenvalue weighted by Crippen LogP contribution is 2.38. The Bertz CT molecular complexity index is 307. The predicted molar refractivity (Wildman–Crippen MR) is 67.3 cm³/mol. The van der Waals surface area contributed by atoms with Crippen molar-refractivity contribution in [1.29, 1.82) is 0 Å². The zero-order valence-corrected chi connectivity index (χ0v) is 10.0. The maximum Gasteiger partial charge on any atom is 0.154 e. The molecule has 0 nitrogen and oxygen atoms in total. The van der Waals surface area contributed by atoms with Gasteiger partial charge in [0.05, 0.1) is 0 Å². The molecule has 0 spiro atoms. The van der Waals surface area contributed by atoms with E-state index in [1.165, 1.54) is 37.2 Å². The van der Waals surface area contributed by atoms with E-state index in [4.69, 9.17) is 0 Å². The van der Waals surface area contributed by atoms with Crippen LogP contribution < -0.4 is 0 Å². The topological polar surface area (TPSA) is 0 Å². The molecule has 1 saturated carbocycles. The lowest BCUT2D eigenvalue weighted by atomic mass is 9.83. The van der Waals surface area contributed by atoms with E-state index in [2.05, 4.69) is 30.3 Å². The summed E-state index contributed by atoms with van der Waals surface area (Å²) in [6.07, 6.45) is 6.05. The van der Waals surface area contributed by atoms with Crippen LogP contribution >= 0.6 is 0 Å². The van der Waals surface area contributed by atoms with Gasteiger partial charge in [-0.3, -0.25) is 0 Å². The Morgan fingerprint density at radius 3 is 2.27 bits per heavy atom. The highest BCUT2D eigenvalue weighted by atomic mass is 32.2. The van der Waals surface area contributed by atoms with Crippen LogP contribution in [0.3, 0.4) is 0 Å². The van der Waals surface area contributed by atoms with E-state index in [0.29, 0.717) is 10.9 Å². The lowest BCUT2D eigenvalue weighted by molar-refractivity contribution is 0.296. The van der Waals surface area contributed by atoms with Gasteiger partial charge < -0.3 is 0 Å². The van der Waals surface area contributed by atoms with Crippen LogP contribution in [0.5, 0.6) is 0 Å². The van der Waals surface area contributed by atoms with Crippen LogP contribution in [0, 0.1) is 11.8 Å². The fourth-order valence-electron chi connectivity index (χ4n) is 3.15. The zero-order chi connectivity index (χ0) is 10.1. The molecule has 3 rings (SSSR count). The number of fused-ring (bicyclic) bond motifs is 2. The van der Waals surface area contributed by atoms with Crippen molar-refractivity contribution in [2.24, 2.45) is 11.8 Å². The standard InChI is InChI=1S/C14H19S/c1-2-7-14(8-3-1)15-10-12-5-4-6-13(9-12)11-15/h1-3,7-8,12-13H,4-6,9-11H2/q+1. The molecule has 1 heterocycles. The molecule has 0 aromatic heterocycles. The maximum absolute atomic E-state index is 2.34. The van der Waals surface area contributed by atoms with Crippen LogP contribution in [-0.4, -0.2) is 11.5 Å². The van der Waals surface area contributed by atoms with Crippen molar-refractivity contribution >= 4 is 10.9 Å². The van der Waals surface area contributed by atoms with E-state index in [9.17, 15) is 0 Å². The quantitative estimate of drug-likeness (QED) is 0.634. The zero-order valence-electron chi connectivity index (χ0n) is 9.19. The van der Waals surface area contributed by atoms with Crippen molar-refractivity contribution in [2.75, 3.05) is 11.5 Å². The molecule has 2 unspecified atom stereocenters. The van der Waals surface area contributed by atoms with Crippen molar-refractivity contribution in [1.82, 2.24) is 0 Å². The second-order valence-electron chi connectivity index (χ2n) is 5.04. The van der Waals surface area contributed by atoms with E-state index in [1.807, 2.05) is 0 Å². The largest absolute Gasteiger partial charge is 0.154 e.